The van der Waals surface area contributed by atoms with Gasteiger partial charge in [-0.3, -0.25) is 5.41 Å². The number of nitrogens with one attached hydrogen (secondary N) is 1. The highest BCUT2D eigenvalue weighted by Gasteiger charge is 2.10. The Balaban J connectivity index is 2.35. The Bertz CT molecular complexity index is 567. The van der Waals surface area contributed by atoms with Gasteiger partial charge in [-0.1, -0.05) is 34.7 Å². The zero-order chi connectivity index (χ0) is 12.4. The van der Waals surface area contributed by atoms with Crippen molar-refractivity contribution in [1.82, 2.24) is 10.2 Å². The number of aryl methyl sites for hydroxylation is 1. The molecule has 7 heteroatoms. The molecular weight excluding hydrogens is 276 g/mol. The zero-order valence-electron chi connectivity index (χ0n) is 8.90. The normalized spacial score (nSPS) is 10.5. The lowest BCUT2D eigenvalue weighted by atomic mass is 10.2. The molecule has 0 saturated carbocycles. The van der Waals surface area contributed by atoms with Crippen molar-refractivity contribution >= 4 is 40.5 Å². The van der Waals surface area contributed by atoms with Crippen molar-refractivity contribution in [3.63, 3.8) is 0 Å². The second kappa shape index (κ2) is 5.03. The van der Waals surface area contributed by atoms with E-state index in [-0.39, 0.29) is 5.84 Å². The molecule has 0 radical (unpaired) electrons. The van der Waals surface area contributed by atoms with Crippen LogP contribution in [0.25, 0.3) is 0 Å². The minimum absolute atomic E-state index is 0.00348. The number of rotatable bonds is 3. The maximum Gasteiger partial charge on any atom is 0.179 e. The van der Waals surface area contributed by atoms with Crippen LogP contribution in [0.5, 0.6) is 0 Å². The van der Waals surface area contributed by atoms with Crippen molar-refractivity contribution in [2.45, 2.75) is 16.2 Å². The minimum Gasteiger partial charge on any atom is -0.384 e. The first-order valence-electron chi connectivity index (χ1n) is 4.68. The van der Waals surface area contributed by atoms with Gasteiger partial charge in [0.1, 0.15) is 10.8 Å². The fourth-order valence-corrected chi connectivity index (χ4v) is 3.29. The van der Waals surface area contributed by atoms with Crippen molar-refractivity contribution in [2.75, 3.05) is 0 Å². The van der Waals surface area contributed by atoms with Gasteiger partial charge in [-0.05, 0) is 25.1 Å². The molecule has 0 fully saturated rings. The van der Waals surface area contributed by atoms with E-state index in [0.29, 0.717) is 10.6 Å². The second-order valence-corrected chi connectivity index (χ2v) is 6.15. The summed E-state index contributed by atoms with van der Waals surface area (Å²) in [7, 11) is 0. The average Bonchev–Trinajstić information content (AvgIpc) is 2.66. The van der Waals surface area contributed by atoms with E-state index in [2.05, 4.69) is 10.2 Å². The molecule has 0 amide bonds. The van der Waals surface area contributed by atoms with Crippen LogP contribution in [0.2, 0.25) is 5.02 Å². The highest BCUT2D eigenvalue weighted by Crippen LogP contribution is 2.33. The van der Waals surface area contributed by atoms with Gasteiger partial charge in [-0.2, -0.15) is 0 Å². The molecule has 0 aliphatic rings. The summed E-state index contributed by atoms with van der Waals surface area (Å²) < 4.78 is 0.826. The van der Waals surface area contributed by atoms with E-state index >= 15 is 0 Å². The Morgan fingerprint density at radius 1 is 1.47 bits per heavy atom. The van der Waals surface area contributed by atoms with Crippen molar-refractivity contribution < 1.29 is 0 Å². The molecule has 0 spiro atoms. The fraction of sp³-hybridized carbons (Fsp3) is 0.100. The summed E-state index contributed by atoms with van der Waals surface area (Å²) in [5.41, 5.74) is 6.14. The quantitative estimate of drug-likeness (QED) is 0.671. The van der Waals surface area contributed by atoms with Crippen LogP contribution in [0.3, 0.4) is 0 Å². The van der Waals surface area contributed by atoms with Crippen LogP contribution in [0.1, 0.15) is 10.6 Å². The third-order valence-corrected chi connectivity index (χ3v) is 4.14. The van der Waals surface area contributed by atoms with E-state index in [4.69, 9.17) is 22.7 Å². The Hall–Kier alpha value is -1.11. The second-order valence-electron chi connectivity index (χ2n) is 3.24. The molecule has 1 heterocycles. The molecule has 0 bridgehead atoms. The first kappa shape index (κ1) is 12.3. The highest BCUT2D eigenvalue weighted by molar-refractivity contribution is 8.01. The minimum atomic E-state index is -0.00348. The molecule has 0 saturated heterocycles. The highest BCUT2D eigenvalue weighted by atomic mass is 35.5. The van der Waals surface area contributed by atoms with Crippen LogP contribution < -0.4 is 5.73 Å². The molecular formula is C10H9ClN4S2. The Morgan fingerprint density at radius 3 is 2.82 bits per heavy atom. The number of nitrogen functional groups attached to an aromatic ring is 1. The lowest BCUT2D eigenvalue weighted by Gasteiger charge is -2.06. The van der Waals surface area contributed by atoms with Crippen LogP contribution in [0.4, 0.5) is 0 Å². The molecule has 0 unspecified atom stereocenters. The summed E-state index contributed by atoms with van der Waals surface area (Å²) in [5.74, 6) is -0.00348. The summed E-state index contributed by atoms with van der Waals surface area (Å²) in [5, 5.41) is 17.0. The van der Waals surface area contributed by atoms with Crippen molar-refractivity contribution in [3.05, 3.63) is 33.8 Å². The first-order chi connectivity index (χ1) is 8.06. The summed E-state index contributed by atoms with van der Waals surface area (Å²) >= 11 is 8.82. The lowest BCUT2D eigenvalue weighted by Crippen LogP contribution is -2.12. The van der Waals surface area contributed by atoms with E-state index in [1.165, 1.54) is 23.1 Å². The SMILES string of the molecule is Cc1nnc(Sc2ccc(Cl)cc2C(=N)N)s1. The van der Waals surface area contributed by atoms with E-state index in [9.17, 15) is 0 Å². The van der Waals surface area contributed by atoms with E-state index < -0.39 is 0 Å². The molecule has 17 heavy (non-hydrogen) atoms. The predicted octanol–water partition coefficient (Wildman–Crippen LogP) is 2.94. The molecule has 0 aliphatic carbocycles. The van der Waals surface area contributed by atoms with Crippen molar-refractivity contribution in [1.29, 1.82) is 5.41 Å². The molecule has 0 atom stereocenters. The van der Waals surface area contributed by atoms with Crippen molar-refractivity contribution in [3.8, 4) is 0 Å². The number of hydrogen-bond donors (Lipinski definition) is 2. The molecule has 4 nitrogen and oxygen atoms in total. The number of aromatic nitrogens is 2. The number of hydrogen-bond acceptors (Lipinski definition) is 5. The smallest absolute Gasteiger partial charge is 0.179 e. The Labute approximate surface area is 112 Å². The molecule has 88 valence electrons. The third kappa shape index (κ3) is 2.96. The third-order valence-electron chi connectivity index (χ3n) is 1.94. The largest absolute Gasteiger partial charge is 0.384 e. The summed E-state index contributed by atoms with van der Waals surface area (Å²) in [6.07, 6.45) is 0. The monoisotopic (exact) mass is 284 g/mol. The van der Waals surface area contributed by atoms with Gasteiger partial charge in [-0.15, -0.1) is 10.2 Å². The summed E-state index contributed by atoms with van der Waals surface area (Å²) in [6.45, 7) is 1.90. The lowest BCUT2D eigenvalue weighted by molar-refractivity contribution is 0.983. The standard InChI is InChI=1S/C10H9ClN4S2/c1-5-14-15-10(16-5)17-8-3-2-6(11)4-7(8)9(12)13/h2-4H,1H3,(H3,12,13). The molecule has 2 aromatic rings. The topological polar surface area (TPSA) is 75.7 Å². The van der Waals surface area contributed by atoms with Crippen LogP contribution in [-0.2, 0) is 0 Å². The first-order valence-corrected chi connectivity index (χ1v) is 6.69. The van der Waals surface area contributed by atoms with Crippen LogP contribution in [0.15, 0.2) is 27.4 Å². The Kier molecular flexibility index (Phi) is 3.66. The fourth-order valence-electron chi connectivity index (χ4n) is 1.22. The average molecular weight is 285 g/mol. The number of nitrogens with two attached hydrogens (primary N) is 1. The van der Waals surface area contributed by atoms with Gasteiger partial charge in [0.25, 0.3) is 0 Å². The van der Waals surface area contributed by atoms with Gasteiger partial charge >= 0.3 is 0 Å². The number of halogens is 1. The molecule has 1 aromatic carbocycles. The summed E-state index contributed by atoms with van der Waals surface area (Å²) in [6, 6.07) is 5.28. The molecule has 3 N–H and O–H groups in total. The predicted molar refractivity (Wildman–Crippen MR) is 71.2 cm³/mol. The van der Waals surface area contributed by atoms with Crippen molar-refractivity contribution in [2.24, 2.45) is 5.73 Å². The zero-order valence-corrected chi connectivity index (χ0v) is 11.3. The van der Waals surface area contributed by atoms with Gasteiger partial charge in [0.15, 0.2) is 4.34 Å². The number of benzene rings is 1. The Morgan fingerprint density at radius 2 is 2.24 bits per heavy atom. The van der Waals surface area contributed by atoms with Crippen LogP contribution in [0, 0.1) is 12.3 Å². The van der Waals surface area contributed by atoms with Gasteiger partial charge in [0, 0.05) is 15.5 Å². The van der Waals surface area contributed by atoms with Gasteiger partial charge in [-0.25, -0.2) is 0 Å². The maximum absolute atomic E-state index is 7.52. The van der Waals surface area contributed by atoms with E-state index in [1.54, 1.807) is 12.1 Å². The van der Waals surface area contributed by atoms with Gasteiger partial charge in [0.05, 0.1) is 0 Å². The molecule has 2 rings (SSSR count). The number of amidine groups is 1. The maximum atomic E-state index is 7.52. The van der Waals surface area contributed by atoms with E-state index in [1.807, 2.05) is 13.0 Å². The van der Waals surface area contributed by atoms with Crippen LogP contribution >= 0.6 is 34.7 Å². The van der Waals surface area contributed by atoms with Gasteiger partial charge in [0.2, 0.25) is 0 Å². The molecule has 0 aliphatic heterocycles. The summed E-state index contributed by atoms with van der Waals surface area (Å²) in [4.78, 5) is 0.859. The van der Waals surface area contributed by atoms with Gasteiger partial charge < -0.3 is 5.73 Å². The van der Waals surface area contributed by atoms with E-state index in [0.717, 1.165) is 14.2 Å². The van der Waals surface area contributed by atoms with Crippen LogP contribution in [-0.4, -0.2) is 16.0 Å². The number of nitrogens with zero attached hydrogens (tertiary/aromatic N) is 2. The molecule has 1 aromatic heterocycles.